The second-order valence-corrected chi connectivity index (χ2v) is 5.81. The average molecular weight is 286 g/mol. The van der Waals surface area contributed by atoms with Gasteiger partial charge in [-0.05, 0) is 37.3 Å². The molecule has 0 spiro atoms. The highest BCUT2D eigenvalue weighted by molar-refractivity contribution is 5.83. The summed E-state index contributed by atoms with van der Waals surface area (Å²) in [6.07, 6.45) is 6.69. The summed E-state index contributed by atoms with van der Waals surface area (Å²) in [5.41, 5.74) is 2.46. The number of hydrogen-bond acceptors (Lipinski definition) is 2. The largest absolute Gasteiger partial charge is 0.381 e. The first-order chi connectivity index (χ1) is 10.3. The number of H-pyrrole nitrogens is 1. The van der Waals surface area contributed by atoms with E-state index in [1.54, 1.807) is 7.11 Å². The van der Waals surface area contributed by atoms with E-state index in [1.165, 1.54) is 10.9 Å². The van der Waals surface area contributed by atoms with Gasteiger partial charge >= 0.3 is 0 Å². The van der Waals surface area contributed by atoms with Crippen molar-refractivity contribution in [3.8, 4) is 0 Å². The summed E-state index contributed by atoms with van der Waals surface area (Å²) in [6.45, 7) is 0. The van der Waals surface area contributed by atoms with Crippen molar-refractivity contribution in [1.82, 2.24) is 10.3 Å². The highest BCUT2D eigenvalue weighted by atomic mass is 16.5. The molecular formula is C17H22N2O2. The van der Waals surface area contributed by atoms with Crippen LogP contribution in [0.5, 0.6) is 0 Å². The Hall–Kier alpha value is -1.81. The lowest BCUT2D eigenvalue weighted by Crippen LogP contribution is -2.47. The lowest BCUT2D eigenvalue weighted by molar-refractivity contribution is -0.123. The lowest BCUT2D eigenvalue weighted by Gasteiger charge is -2.34. The molecule has 0 atom stereocenters. The molecular weight excluding hydrogens is 264 g/mol. The Labute approximate surface area is 124 Å². The molecule has 1 saturated carbocycles. The van der Waals surface area contributed by atoms with Crippen LogP contribution in [0.4, 0.5) is 0 Å². The van der Waals surface area contributed by atoms with E-state index in [9.17, 15) is 4.79 Å². The highest BCUT2D eigenvalue weighted by Gasteiger charge is 2.29. The predicted octanol–water partition coefficient (Wildman–Crippen LogP) is 2.78. The van der Waals surface area contributed by atoms with E-state index in [0.29, 0.717) is 18.6 Å². The van der Waals surface area contributed by atoms with E-state index in [-0.39, 0.29) is 5.91 Å². The molecule has 1 aliphatic rings. The Balaban J connectivity index is 1.43. The van der Waals surface area contributed by atoms with Gasteiger partial charge in [0.05, 0.1) is 6.10 Å². The average Bonchev–Trinajstić information content (AvgIpc) is 2.86. The first kappa shape index (κ1) is 14.1. The van der Waals surface area contributed by atoms with Crippen molar-refractivity contribution in [2.75, 3.05) is 7.11 Å². The SMILES string of the molecule is COC1CC(NC(=O)CCCc2c[nH]c3ccccc23)C1. The smallest absolute Gasteiger partial charge is 0.220 e. The van der Waals surface area contributed by atoms with Crippen molar-refractivity contribution in [2.24, 2.45) is 0 Å². The van der Waals surface area contributed by atoms with Crippen molar-refractivity contribution in [3.63, 3.8) is 0 Å². The van der Waals surface area contributed by atoms with Gasteiger partial charge in [-0.2, -0.15) is 0 Å². The third-order valence-electron chi connectivity index (χ3n) is 4.32. The summed E-state index contributed by atoms with van der Waals surface area (Å²) < 4.78 is 5.21. The van der Waals surface area contributed by atoms with Crippen molar-refractivity contribution in [1.29, 1.82) is 0 Å². The zero-order valence-electron chi connectivity index (χ0n) is 12.4. The van der Waals surface area contributed by atoms with Gasteiger partial charge in [-0.1, -0.05) is 18.2 Å². The quantitative estimate of drug-likeness (QED) is 0.858. The molecule has 4 heteroatoms. The number of aromatic nitrogens is 1. The summed E-state index contributed by atoms with van der Waals surface area (Å²) in [4.78, 5) is 15.1. The van der Waals surface area contributed by atoms with Crippen LogP contribution < -0.4 is 5.32 Å². The maximum Gasteiger partial charge on any atom is 0.220 e. The number of methoxy groups -OCH3 is 1. The summed E-state index contributed by atoms with van der Waals surface area (Å²) >= 11 is 0. The number of nitrogens with one attached hydrogen (secondary N) is 2. The normalized spacial score (nSPS) is 21.2. The van der Waals surface area contributed by atoms with Gasteiger partial charge in [0.25, 0.3) is 0 Å². The molecule has 1 aliphatic carbocycles. The maximum atomic E-state index is 11.9. The van der Waals surface area contributed by atoms with Crippen LogP contribution in [-0.2, 0) is 16.0 Å². The number of amides is 1. The van der Waals surface area contributed by atoms with Gasteiger partial charge in [-0.25, -0.2) is 0 Å². The number of para-hydroxylation sites is 1. The third kappa shape index (κ3) is 3.27. The predicted molar refractivity (Wildman–Crippen MR) is 83.2 cm³/mol. The molecule has 1 amide bonds. The molecule has 0 saturated heterocycles. The molecule has 1 fully saturated rings. The number of carbonyl (C=O) groups excluding carboxylic acids is 1. The molecule has 4 nitrogen and oxygen atoms in total. The van der Waals surface area contributed by atoms with Crippen molar-refractivity contribution >= 4 is 16.8 Å². The Morgan fingerprint density at radius 1 is 1.38 bits per heavy atom. The zero-order chi connectivity index (χ0) is 14.7. The number of ether oxygens (including phenoxy) is 1. The Morgan fingerprint density at radius 2 is 2.19 bits per heavy atom. The lowest BCUT2D eigenvalue weighted by atomic mass is 9.89. The zero-order valence-corrected chi connectivity index (χ0v) is 12.4. The fraction of sp³-hybridized carbons (Fsp3) is 0.471. The number of rotatable bonds is 6. The van der Waals surface area contributed by atoms with E-state index in [0.717, 1.165) is 31.2 Å². The summed E-state index contributed by atoms with van der Waals surface area (Å²) in [5, 5.41) is 4.33. The second-order valence-electron chi connectivity index (χ2n) is 5.81. The van der Waals surface area contributed by atoms with E-state index in [2.05, 4.69) is 34.7 Å². The van der Waals surface area contributed by atoms with E-state index in [4.69, 9.17) is 4.74 Å². The molecule has 3 rings (SSSR count). The van der Waals surface area contributed by atoms with Crippen molar-refractivity contribution < 1.29 is 9.53 Å². The number of aromatic amines is 1. The van der Waals surface area contributed by atoms with Gasteiger partial charge in [-0.15, -0.1) is 0 Å². The first-order valence-electron chi connectivity index (χ1n) is 7.63. The van der Waals surface area contributed by atoms with Crippen LogP contribution in [-0.4, -0.2) is 30.1 Å². The van der Waals surface area contributed by atoms with Gasteiger partial charge in [0, 0.05) is 36.7 Å². The van der Waals surface area contributed by atoms with Crippen LogP contribution >= 0.6 is 0 Å². The molecule has 2 aromatic rings. The second kappa shape index (κ2) is 6.31. The van der Waals surface area contributed by atoms with Gasteiger partial charge in [0.1, 0.15) is 0 Å². The van der Waals surface area contributed by atoms with Crippen LogP contribution in [0.15, 0.2) is 30.5 Å². The van der Waals surface area contributed by atoms with Crippen LogP contribution in [0.25, 0.3) is 10.9 Å². The minimum atomic E-state index is 0.161. The van der Waals surface area contributed by atoms with Gasteiger partial charge in [-0.3, -0.25) is 4.79 Å². The monoisotopic (exact) mass is 286 g/mol. The number of benzene rings is 1. The maximum absolute atomic E-state index is 11.9. The Morgan fingerprint density at radius 3 is 3.00 bits per heavy atom. The molecule has 2 N–H and O–H groups in total. The minimum absolute atomic E-state index is 0.161. The topological polar surface area (TPSA) is 54.1 Å². The molecule has 21 heavy (non-hydrogen) atoms. The standard InChI is InChI=1S/C17H22N2O2/c1-21-14-9-13(10-14)19-17(20)8-4-5-12-11-18-16-7-3-2-6-15(12)16/h2-3,6-7,11,13-14,18H,4-5,8-10H2,1H3,(H,19,20). The molecule has 112 valence electrons. The molecule has 0 radical (unpaired) electrons. The molecule has 0 unspecified atom stereocenters. The third-order valence-corrected chi connectivity index (χ3v) is 4.32. The van der Waals surface area contributed by atoms with Gasteiger partial charge in [0.15, 0.2) is 0 Å². The van der Waals surface area contributed by atoms with Crippen LogP contribution in [0.3, 0.4) is 0 Å². The molecule has 0 bridgehead atoms. The molecule has 0 aliphatic heterocycles. The van der Waals surface area contributed by atoms with E-state index < -0.39 is 0 Å². The highest BCUT2D eigenvalue weighted by Crippen LogP contribution is 2.23. The fourth-order valence-corrected chi connectivity index (χ4v) is 2.95. The van der Waals surface area contributed by atoms with Crippen molar-refractivity contribution in [2.45, 2.75) is 44.2 Å². The molecule has 1 aromatic heterocycles. The Bertz CT molecular complexity index is 614. The summed E-state index contributed by atoms with van der Waals surface area (Å²) in [5.74, 6) is 0.161. The fourth-order valence-electron chi connectivity index (χ4n) is 2.95. The van der Waals surface area contributed by atoms with Gasteiger partial charge in [0.2, 0.25) is 5.91 Å². The number of carbonyl (C=O) groups is 1. The van der Waals surface area contributed by atoms with E-state index >= 15 is 0 Å². The van der Waals surface area contributed by atoms with Crippen molar-refractivity contribution in [3.05, 3.63) is 36.0 Å². The molecule has 1 heterocycles. The summed E-state index contributed by atoms with van der Waals surface area (Å²) in [6, 6.07) is 8.60. The minimum Gasteiger partial charge on any atom is -0.381 e. The molecule has 1 aromatic carbocycles. The number of fused-ring (bicyclic) bond motifs is 1. The van der Waals surface area contributed by atoms with Crippen LogP contribution in [0.1, 0.15) is 31.2 Å². The number of hydrogen-bond donors (Lipinski definition) is 2. The number of aryl methyl sites for hydroxylation is 1. The first-order valence-corrected chi connectivity index (χ1v) is 7.63. The van der Waals surface area contributed by atoms with Crippen LogP contribution in [0.2, 0.25) is 0 Å². The van der Waals surface area contributed by atoms with Gasteiger partial charge < -0.3 is 15.0 Å². The Kier molecular flexibility index (Phi) is 4.25. The van der Waals surface area contributed by atoms with Crippen LogP contribution in [0, 0.1) is 0 Å². The van der Waals surface area contributed by atoms with E-state index in [1.807, 2.05) is 6.07 Å². The summed E-state index contributed by atoms with van der Waals surface area (Å²) in [7, 11) is 1.73.